The molecule has 10 nitrogen and oxygen atoms in total. The Labute approximate surface area is 175 Å². The van der Waals surface area contributed by atoms with Crippen LogP contribution in [0.15, 0.2) is 0 Å². The van der Waals surface area contributed by atoms with E-state index >= 15 is 0 Å². The number of unbranched alkanes of at least 4 members (excludes halogenated alkanes) is 3. The van der Waals surface area contributed by atoms with Crippen molar-refractivity contribution < 1.29 is 51.1 Å². The topological polar surface area (TPSA) is 202 Å². The molecule has 4 atom stereocenters. The number of aliphatic hydroxyl groups is 10. The summed E-state index contributed by atoms with van der Waals surface area (Å²) >= 11 is 0. The van der Waals surface area contributed by atoms with Crippen LogP contribution in [0.3, 0.4) is 0 Å². The van der Waals surface area contributed by atoms with Crippen LogP contribution >= 0.6 is 0 Å². The van der Waals surface area contributed by atoms with E-state index in [-0.39, 0.29) is 33.0 Å². The van der Waals surface area contributed by atoms with Crippen LogP contribution in [0.2, 0.25) is 0 Å². The van der Waals surface area contributed by atoms with Gasteiger partial charge in [0.05, 0.1) is 37.6 Å². The maximum absolute atomic E-state index is 8.38. The molecule has 0 aromatic carbocycles. The van der Waals surface area contributed by atoms with Gasteiger partial charge < -0.3 is 51.1 Å². The van der Waals surface area contributed by atoms with Crippen molar-refractivity contribution in [3.05, 3.63) is 0 Å². The molecular formula is C19H48O10. The van der Waals surface area contributed by atoms with Crippen molar-refractivity contribution in [2.75, 3.05) is 33.0 Å². The summed E-state index contributed by atoms with van der Waals surface area (Å²) in [6, 6.07) is 0. The molecule has 0 spiro atoms. The minimum Gasteiger partial charge on any atom is -0.397 e. The van der Waals surface area contributed by atoms with Gasteiger partial charge in [0, 0.05) is 19.8 Å². The Kier molecular flexibility index (Phi) is 47.3. The van der Waals surface area contributed by atoms with Gasteiger partial charge in [-0.05, 0) is 47.5 Å². The van der Waals surface area contributed by atoms with Gasteiger partial charge in [-0.2, -0.15) is 0 Å². The highest BCUT2D eigenvalue weighted by Gasteiger charge is 2.00. The molecule has 10 heteroatoms. The summed E-state index contributed by atoms with van der Waals surface area (Å²) in [5, 5.41) is 81.7. The Balaban J connectivity index is -0.0000000850. The zero-order valence-corrected chi connectivity index (χ0v) is 18.7. The van der Waals surface area contributed by atoms with E-state index in [4.69, 9.17) is 51.1 Å². The van der Waals surface area contributed by atoms with Crippen molar-refractivity contribution in [3.8, 4) is 0 Å². The maximum Gasteiger partial charge on any atom is 0.100 e. The molecule has 0 bridgehead atoms. The van der Waals surface area contributed by atoms with Crippen LogP contribution in [0.25, 0.3) is 0 Å². The molecule has 0 amide bonds. The first-order chi connectivity index (χ1) is 13.4. The van der Waals surface area contributed by atoms with Gasteiger partial charge in [0.25, 0.3) is 0 Å². The fourth-order valence-electron chi connectivity index (χ4n) is 0.635. The monoisotopic (exact) mass is 436 g/mol. The van der Waals surface area contributed by atoms with Crippen molar-refractivity contribution >= 4 is 0 Å². The van der Waals surface area contributed by atoms with Crippen molar-refractivity contribution in [1.82, 2.24) is 0 Å². The van der Waals surface area contributed by atoms with Crippen LogP contribution in [0.4, 0.5) is 0 Å². The molecule has 0 aliphatic heterocycles. The van der Waals surface area contributed by atoms with E-state index in [2.05, 4.69) is 0 Å². The van der Waals surface area contributed by atoms with E-state index in [0.29, 0.717) is 0 Å². The number of hydrogen-bond acceptors (Lipinski definition) is 10. The molecule has 29 heavy (non-hydrogen) atoms. The summed E-state index contributed by atoms with van der Waals surface area (Å²) in [5.74, 6) is 0. The lowest BCUT2D eigenvalue weighted by atomic mass is 10.2. The molecule has 0 saturated heterocycles. The van der Waals surface area contributed by atoms with Gasteiger partial charge in [-0.25, -0.2) is 0 Å². The molecule has 10 N–H and O–H groups in total. The second-order valence-corrected chi connectivity index (χ2v) is 6.16. The summed E-state index contributed by atoms with van der Waals surface area (Å²) in [5.41, 5.74) is 0. The van der Waals surface area contributed by atoms with E-state index < -0.39 is 30.5 Å². The summed E-state index contributed by atoms with van der Waals surface area (Å²) in [4.78, 5) is 0. The van der Waals surface area contributed by atoms with Gasteiger partial charge in [-0.15, -0.1) is 0 Å². The minimum atomic E-state index is -0.954. The number of hydrogen-bond donors (Lipinski definition) is 10. The van der Waals surface area contributed by atoms with Gasteiger partial charge in [-0.3, -0.25) is 0 Å². The van der Waals surface area contributed by atoms with E-state index in [1.807, 2.05) is 0 Å². The van der Waals surface area contributed by atoms with Crippen LogP contribution in [0.1, 0.15) is 60.3 Å². The third kappa shape index (κ3) is 65.6. The number of rotatable bonds is 9. The fraction of sp³-hybridized carbons (Fsp3) is 1.00. The van der Waals surface area contributed by atoms with Crippen LogP contribution in [-0.4, -0.2) is 115 Å². The first kappa shape index (κ1) is 39.1. The SMILES string of the molecule is CC(O)C(C)O.CC(O)C(C)O.CCO.OCC(O)CO.OCCCCCCO. The van der Waals surface area contributed by atoms with Crippen LogP contribution in [-0.2, 0) is 0 Å². The van der Waals surface area contributed by atoms with Gasteiger partial charge in [0.2, 0.25) is 0 Å². The lowest BCUT2D eigenvalue weighted by Crippen LogP contribution is -2.17. The average Bonchev–Trinajstić information content (AvgIpc) is 2.66. The van der Waals surface area contributed by atoms with Crippen LogP contribution in [0.5, 0.6) is 0 Å². The van der Waals surface area contributed by atoms with E-state index in [1.54, 1.807) is 34.6 Å². The predicted octanol–water partition coefficient (Wildman–Crippen LogP) is -1.64. The fourth-order valence-corrected chi connectivity index (χ4v) is 0.635. The highest BCUT2D eigenvalue weighted by atomic mass is 16.3. The third-order valence-corrected chi connectivity index (χ3v) is 2.88. The standard InChI is InChI=1S/C6H14O2.2C4H10O2.C3H8O3.C2H6O/c7-5-3-1-2-4-6-8;2*1-3(5)4(2)6;4-1-3(6)2-5;1-2-3/h7-8H,1-6H2;2*3-6H,1-2H3;3-6H,1-2H2;3H,2H2,1H3. The molecule has 0 aromatic heterocycles. The van der Waals surface area contributed by atoms with Crippen molar-refractivity contribution in [2.45, 2.75) is 90.8 Å². The lowest BCUT2D eigenvalue weighted by Gasteiger charge is -2.03. The highest BCUT2D eigenvalue weighted by Crippen LogP contribution is 1.96. The van der Waals surface area contributed by atoms with Crippen molar-refractivity contribution in [2.24, 2.45) is 0 Å². The first-order valence-electron chi connectivity index (χ1n) is 9.87. The Morgan fingerprint density at radius 2 is 0.690 bits per heavy atom. The third-order valence-electron chi connectivity index (χ3n) is 2.88. The van der Waals surface area contributed by atoms with Crippen LogP contribution < -0.4 is 0 Å². The average molecular weight is 437 g/mol. The largest absolute Gasteiger partial charge is 0.397 e. The van der Waals surface area contributed by atoms with E-state index in [9.17, 15) is 0 Å². The van der Waals surface area contributed by atoms with Crippen molar-refractivity contribution in [3.63, 3.8) is 0 Å². The molecule has 0 aliphatic rings. The van der Waals surface area contributed by atoms with E-state index in [0.717, 1.165) is 25.7 Å². The van der Waals surface area contributed by atoms with Gasteiger partial charge >= 0.3 is 0 Å². The summed E-state index contributed by atoms with van der Waals surface area (Å²) in [7, 11) is 0. The Bertz CT molecular complexity index is 205. The van der Waals surface area contributed by atoms with Gasteiger partial charge in [0.15, 0.2) is 0 Å². The summed E-state index contributed by atoms with van der Waals surface area (Å²) in [6.45, 7) is 7.95. The summed E-state index contributed by atoms with van der Waals surface area (Å²) in [6.07, 6.45) is 0.503. The Morgan fingerprint density at radius 1 is 0.483 bits per heavy atom. The van der Waals surface area contributed by atoms with Gasteiger partial charge in [0.1, 0.15) is 6.10 Å². The molecule has 0 fully saturated rings. The van der Waals surface area contributed by atoms with E-state index in [1.165, 1.54) is 0 Å². The zero-order valence-electron chi connectivity index (χ0n) is 18.7. The molecular weight excluding hydrogens is 388 g/mol. The predicted molar refractivity (Wildman–Crippen MR) is 112 cm³/mol. The first-order valence-corrected chi connectivity index (χ1v) is 9.87. The minimum absolute atomic E-state index is 0.250. The van der Waals surface area contributed by atoms with Crippen molar-refractivity contribution in [1.29, 1.82) is 0 Å². The maximum atomic E-state index is 8.38. The summed E-state index contributed by atoms with van der Waals surface area (Å²) < 4.78 is 0. The molecule has 0 radical (unpaired) electrons. The highest BCUT2D eigenvalue weighted by molar-refractivity contribution is 4.51. The molecule has 0 aromatic rings. The molecule has 0 saturated carbocycles. The second-order valence-electron chi connectivity index (χ2n) is 6.16. The van der Waals surface area contributed by atoms with Crippen LogP contribution in [0, 0.1) is 0 Å². The zero-order chi connectivity index (χ0) is 24.3. The molecule has 0 heterocycles. The quantitative estimate of drug-likeness (QED) is 0.187. The second kappa shape index (κ2) is 35.1. The Hall–Kier alpha value is -0.400. The normalized spacial score (nSPS) is 13.7. The molecule has 184 valence electrons. The molecule has 4 unspecified atom stereocenters. The Morgan fingerprint density at radius 3 is 0.759 bits per heavy atom. The molecule has 0 rings (SSSR count). The number of aliphatic hydroxyl groups excluding tert-OH is 10. The van der Waals surface area contributed by atoms with Gasteiger partial charge in [-0.1, -0.05) is 12.8 Å². The smallest absolute Gasteiger partial charge is 0.100 e. The lowest BCUT2D eigenvalue weighted by molar-refractivity contribution is 0.0438. The molecule has 0 aliphatic carbocycles.